The first-order chi connectivity index (χ1) is 5.27. The lowest BCUT2D eigenvalue weighted by atomic mass is 10.3. The van der Waals surface area contributed by atoms with Crippen molar-refractivity contribution in [1.82, 2.24) is 0 Å². The summed E-state index contributed by atoms with van der Waals surface area (Å²) in [6, 6.07) is 0. The number of hydrogen-bond acceptors (Lipinski definition) is 1. The van der Waals surface area contributed by atoms with Crippen molar-refractivity contribution in [2.75, 3.05) is 6.54 Å². The highest BCUT2D eigenvalue weighted by atomic mass is 15.0. The van der Waals surface area contributed by atoms with Crippen LogP contribution in [0.5, 0.6) is 0 Å². The maximum atomic E-state index is 5.11. The van der Waals surface area contributed by atoms with Crippen LogP contribution in [0.25, 0.3) is 0 Å². The zero-order valence-electron chi connectivity index (χ0n) is 6.93. The summed E-state index contributed by atoms with van der Waals surface area (Å²) in [7, 11) is 0. The van der Waals surface area contributed by atoms with Crippen LogP contribution >= 0.6 is 0 Å². The van der Waals surface area contributed by atoms with Gasteiger partial charge >= 0.3 is 0 Å². The van der Waals surface area contributed by atoms with E-state index in [1.165, 1.54) is 0 Å². The second kappa shape index (κ2) is 6.94. The molecule has 0 aliphatic heterocycles. The zero-order chi connectivity index (χ0) is 8.53. The van der Waals surface area contributed by atoms with E-state index in [1.54, 1.807) is 0 Å². The highest BCUT2D eigenvalue weighted by molar-refractivity contribution is 5.75. The van der Waals surface area contributed by atoms with Crippen LogP contribution in [0.1, 0.15) is 26.2 Å². The van der Waals surface area contributed by atoms with E-state index in [2.05, 4.69) is 23.8 Å². The van der Waals surface area contributed by atoms with E-state index in [9.17, 15) is 0 Å². The number of unbranched alkanes of at least 4 members (excludes halogenated alkanes) is 1. The van der Waals surface area contributed by atoms with E-state index in [4.69, 9.17) is 11.5 Å². The number of guanidine groups is 1. The fourth-order valence-electron chi connectivity index (χ4n) is 0.543. The number of rotatable bonds is 3. The molecule has 0 aromatic carbocycles. The molecule has 0 saturated carbocycles. The normalized spacial score (nSPS) is 8.09. The monoisotopic (exact) mass is 153 g/mol. The lowest BCUT2D eigenvalue weighted by molar-refractivity contribution is 0.974. The van der Waals surface area contributed by atoms with Crippen molar-refractivity contribution in [3.63, 3.8) is 0 Å². The Hall–Kier alpha value is -1.17. The minimum absolute atomic E-state index is 0.141. The van der Waals surface area contributed by atoms with Crippen molar-refractivity contribution in [3.05, 3.63) is 0 Å². The molecule has 0 aliphatic carbocycles. The molecule has 0 fully saturated rings. The van der Waals surface area contributed by atoms with Gasteiger partial charge in [0.2, 0.25) is 0 Å². The van der Waals surface area contributed by atoms with E-state index >= 15 is 0 Å². The summed E-state index contributed by atoms with van der Waals surface area (Å²) in [5.41, 5.74) is 10.2. The Morgan fingerprint density at radius 1 is 1.27 bits per heavy atom. The molecule has 0 bridgehead atoms. The van der Waals surface area contributed by atoms with Gasteiger partial charge in [-0.3, -0.25) is 4.99 Å². The molecule has 0 amide bonds. The molecular formula is C8H15N3. The van der Waals surface area contributed by atoms with Gasteiger partial charge in [-0.15, -0.1) is 11.8 Å². The number of nitrogens with zero attached hydrogens (tertiary/aromatic N) is 1. The maximum Gasteiger partial charge on any atom is 0.185 e. The van der Waals surface area contributed by atoms with Crippen molar-refractivity contribution < 1.29 is 0 Å². The number of nitrogens with two attached hydrogens (primary N) is 2. The third-order valence-electron chi connectivity index (χ3n) is 1.03. The SMILES string of the molecule is CCCC#CCCN=C(N)N. The Morgan fingerprint density at radius 2 is 1.91 bits per heavy atom. The first-order valence-electron chi connectivity index (χ1n) is 3.78. The van der Waals surface area contributed by atoms with Gasteiger partial charge in [-0.2, -0.15) is 0 Å². The molecule has 0 saturated heterocycles. The van der Waals surface area contributed by atoms with Crippen molar-refractivity contribution in [2.24, 2.45) is 16.5 Å². The Labute approximate surface area is 67.9 Å². The first-order valence-corrected chi connectivity index (χ1v) is 3.78. The van der Waals surface area contributed by atoms with Crippen LogP contribution in [0.2, 0.25) is 0 Å². The lowest BCUT2D eigenvalue weighted by Gasteiger charge is -1.87. The summed E-state index contributed by atoms with van der Waals surface area (Å²) >= 11 is 0. The van der Waals surface area contributed by atoms with E-state index in [1.807, 2.05) is 0 Å². The lowest BCUT2D eigenvalue weighted by Crippen LogP contribution is -2.22. The van der Waals surface area contributed by atoms with Crippen LogP contribution in [0.4, 0.5) is 0 Å². The molecule has 0 aromatic rings. The third kappa shape index (κ3) is 8.83. The van der Waals surface area contributed by atoms with Gasteiger partial charge in [-0.25, -0.2) is 0 Å². The molecule has 4 N–H and O–H groups in total. The average molecular weight is 153 g/mol. The van der Waals surface area contributed by atoms with E-state index in [0.717, 1.165) is 19.3 Å². The highest BCUT2D eigenvalue weighted by Gasteiger charge is 1.78. The molecule has 0 unspecified atom stereocenters. The van der Waals surface area contributed by atoms with Crippen LogP contribution in [0.3, 0.4) is 0 Å². The van der Waals surface area contributed by atoms with Crippen molar-refractivity contribution >= 4 is 5.96 Å². The van der Waals surface area contributed by atoms with Gasteiger partial charge in [0.05, 0.1) is 6.54 Å². The molecule has 62 valence electrons. The van der Waals surface area contributed by atoms with Gasteiger partial charge in [0.15, 0.2) is 5.96 Å². The molecule has 0 radical (unpaired) electrons. The Kier molecular flexibility index (Phi) is 6.20. The predicted molar refractivity (Wildman–Crippen MR) is 48.0 cm³/mol. The smallest absolute Gasteiger partial charge is 0.185 e. The molecule has 11 heavy (non-hydrogen) atoms. The summed E-state index contributed by atoms with van der Waals surface area (Å²) in [6.45, 7) is 2.71. The third-order valence-corrected chi connectivity index (χ3v) is 1.03. The molecule has 3 nitrogen and oxygen atoms in total. The first kappa shape index (κ1) is 9.83. The molecule has 0 aliphatic rings. The van der Waals surface area contributed by atoms with E-state index in [0.29, 0.717) is 6.54 Å². The molecule has 0 aromatic heterocycles. The molecule has 0 rings (SSSR count). The van der Waals surface area contributed by atoms with Crippen LogP contribution in [0.15, 0.2) is 4.99 Å². The van der Waals surface area contributed by atoms with Crippen molar-refractivity contribution in [2.45, 2.75) is 26.2 Å². The summed E-state index contributed by atoms with van der Waals surface area (Å²) < 4.78 is 0. The minimum atomic E-state index is 0.141. The minimum Gasteiger partial charge on any atom is -0.370 e. The second-order valence-corrected chi connectivity index (χ2v) is 2.16. The Balaban J connectivity index is 3.29. The summed E-state index contributed by atoms with van der Waals surface area (Å²) in [6.07, 6.45) is 2.81. The summed E-state index contributed by atoms with van der Waals surface area (Å²) in [5, 5.41) is 0. The topological polar surface area (TPSA) is 64.4 Å². The molecule has 0 spiro atoms. The number of aliphatic imine (C=N–C) groups is 1. The largest absolute Gasteiger partial charge is 0.370 e. The standard InChI is InChI=1S/C8H15N3/c1-2-3-4-5-6-7-11-8(9)10/h2-3,6-7H2,1H3,(H4,9,10,11). The Morgan fingerprint density at radius 3 is 2.45 bits per heavy atom. The fourth-order valence-corrected chi connectivity index (χ4v) is 0.543. The van der Waals surface area contributed by atoms with Gasteiger partial charge in [0.25, 0.3) is 0 Å². The quantitative estimate of drug-likeness (QED) is 0.268. The predicted octanol–water partition coefficient (Wildman–Crippen LogP) is 0.453. The molecule has 0 atom stereocenters. The van der Waals surface area contributed by atoms with E-state index in [-0.39, 0.29) is 5.96 Å². The Bertz CT molecular complexity index is 170. The fraction of sp³-hybridized carbons (Fsp3) is 0.625. The van der Waals surface area contributed by atoms with Crippen LogP contribution < -0.4 is 11.5 Å². The number of hydrogen-bond donors (Lipinski definition) is 2. The van der Waals surface area contributed by atoms with E-state index < -0.39 is 0 Å². The van der Waals surface area contributed by atoms with Crippen molar-refractivity contribution in [1.29, 1.82) is 0 Å². The van der Waals surface area contributed by atoms with Gasteiger partial charge < -0.3 is 11.5 Å². The van der Waals surface area contributed by atoms with Crippen LogP contribution in [-0.2, 0) is 0 Å². The van der Waals surface area contributed by atoms with Crippen LogP contribution in [-0.4, -0.2) is 12.5 Å². The summed E-state index contributed by atoms with van der Waals surface area (Å²) in [5.74, 6) is 6.12. The van der Waals surface area contributed by atoms with Crippen molar-refractivity contribution in [3.8, 4) is 11.8 Å². The van der Waals surface area contributed by atoms with Crippen LogP contribution in [0, 0.1) is 11.8 Å². The molecule has 3 heteroatoms. The maximum absolute atomic E-state index is 5.11. The van der Waals surface area contributed by atoms with Gasteiger partial charge in [0, 0.05) is 12.8 Å². The molecular weight excluding hydrogens is 138 g/mol. The average Bonchev–Trinajstić information content (AvgIpc) is 1.96. The second-order valence-electron chi connectivity index (χ2n) is 2.16. The van der Waals surface area contributed by atoms with Gasteiger partial charge in [0.1, 0.15) is 0 Å². The molecule has 0 heterocycles. The summed E-state index contributed by atoms with van der Waals surface area (Å²) in [4.78, 5) is 3.79. The zero-order valence-corrected chi connectivity index (χ0v) is 6.93. The van der Waals surface area contributed by atoms with Gasteiger partial charge in [-0.05, 0) is 6.42 Å². The van der Waals surface area contributed by atoms with Gasteiger partial charge in [-0.1, -0.05) is 6.92 Å². The highest BCUT2D eigenvalue weighted by Crippen LogP contribution is 1.83.